The molecule has 0 unspecified atom stereocenters. The molecule has 0 atom stereocenters. The summed E-state index contributed by atoms with van der Waals surface area (Å²) in [6.07, 6.45) is 8.50. The lowest BCUT2D eigenvalue weighted by atomic mass is 10.0. The fourth-order valence-electron chi connectivity index (χ4n) is 2.43. The van der Waals surface area contributed by atoms with E-state index in [0.717, 1.165) is 18.2 Å². The first-order chi connectivity index (χ1) is 7.79. The van der Waals surface area contributed by atoms with Crippen molar-refractivity contribution in [1.82, 2.24) is 0 Å². The van der Waals surface area contributed by atoms with Gasteiger partial charge < -0.3 is 0 Å². The molecule has 0 amide bonds. The highest BCUT2D eigenvalue weighted by atomic mass is 79.9. The Hall–Kier alpha value is -0.560. The van der Waals surface area contributed by atoms with E-state index in [1.807, 2.05) is 0 Å². The van der Waals surface area contributed by atoms with Crippen LogP contribution in [-0.4, -0.2) is 5.33 Å². The summed E-state index contributed by atoms with van der Waals surface area (Å²) >= 11 is 3.46. The molecule has 86 valence electrons. The van der Waals surface area contributed by atoms with Crippen molar-refractivity contribution in [2.75, 3.05) is 5.33 Å². The molecule has 1 aliphatic rings. The molecule has 0 saturated carbocycles. The monoisotopic (exact) mass is 278 g/mol. The topological polar surface area (TPSA) is 0 Å². The Morgan fingerprint density at radius 2 is 2.12 bits per heavy atom. The second kappa shape index (κ2) is 5.67. The van der Waals surface area contributed by atoms with E-state index < -0.39 is 0 Å². The zero-order valence-electron chi connectivity index (χ0n) is 9.93. The number of allylic oxidation sites excluding steroid dienone is 2. The van der Waals surface area contributed by atoms with Crippen molar-refractivity contribution in [1.29, 1.82) is 0 Å². The number of hydrogen-bond acceptors (Lipinski definition) is 0. The first-order valence-corrected chi connectivity index (χ1v) is 7.24. The van der Waals surface area contributed by atoms with Crippen LogP contribution in [-0.2, 0) is 19.3 Å². The molecule has 1 aromatic carbocycles. The van der Waals surface area contributed by atoms with E-state index in [1.54, 1.807) is 11.1 Å². The van der Waals surface area contributed by atoms with Crippen LogP contribution in [0.3, 0.4) is 0 Å². The molecule has 2 rings (SSSR count). The first kappa shape index (κ1) is 11.9. The van der Waals surface area contributed by atoms with Gasteiger partial charge >= 0.3 is 0 Å². The largest absolute Gasteiger partial charge is 0.0925 e. The molecular formula is C15H19Br. The molecule has 0 bridgehead atoms. The average molecular weight is 279 g/mol. The highest BCUT2D eigenvalue weighted by Crippen LogP contribution is 2.23. The smallest absolute Gasteiger partial charge is 0.00660 e. The lowest BCUT2D eigenvalue weighted by Gasteiger charge is -2.05. The lowest BCUT2D eigenvalue weighted by molar-refractivity contribution is 0.911. The Balaban J connectivity index is 2.05. The van der Waals surface area contributed by atoms with Crippen LogP contribution in [0.5, 0.6) is 0 Å². The predicted molar refractivity (Wildman–Crippen MR) is 74.3 cm³/mol. The minimum Gasteiger partial charge on any atom is -0.0925 e. The third kappa shape index (κ3) is 2.98. The maximum absolute atomic E-state index is 3.46. The van der Waals surface area contributed by atoms with Gasteiger partial charge in [0.15, 0.2) is 0 Å². The Labute approximate surface area is 107 Å². The Morgan fingerprint density at radius 1 is 1.31 bits per heavy atom. The van der Waals surface area contributed by atoms with E-state index in [-0.39, 0.29) is 0 Å². The number of aryl methyl sites for hydroxylation is 2. The summed E-state index contributed by atoms with van der Waals surface area (Å²) in [5.41, 5.74) is 6.12. The van der Waals surface area contributed by atoms with Gasteiger partial charge in [0.2, 0.25) is 0 Å². The van der Waals surface area contributed by atoms with Gasteiger partial charge in [0.05, 0.1) is 0 Å². The van der Waals surface area contributed by atoms with Crippen molar-refractivity contribution in [3.05, 3.63) is 46.5 Å². The molecule has 1 aliphatic carbocycles. The number of hydrogen-bond donors (Lipinski definition) is 0. The molecule has 0 heterocycles. The maximum Gasteiger partial charge on any atom is 0.00660 e. The minimum absolute atomic E-state index is 1.06. The van der Waals surface area contributed by atoms with Crippen LogP contribution in [0.25, 0.3) is 0 Å². The number of halogens is 1. The SMILES string of the molecule is CC(=CCCBr)Cc1ccc2c(c1)CCC2. The van der Waals surface area contributed by atoms with Crippen LogP contribution < -0.4 is 0 Å². The van der Waals surface area contributed by atoms with Crippen LogP contribution >= 0.6 is 15.9 Å². The predicted octanol–water partition coefficient (Wildman–Crippen LogP) is 4.45. The van der Waals surface area contributed by atoms with Gasteiger partial charge in [-0.2, -0.15) is 0 Å². The molecule has 1 heteroatoms. The summed E-state index contributed by atoms with van der Waals surface area (Å²) in [6, 6.07) is 7.04. The van der Waals surface area contributed by atoms with Gasteiger partial charge in [0.25, 0.3) is 0 Å². The van der Waals surface area contributed by atoms with Gasteiger partial charge in [-0.25, -0.2) is 0 Å². The van der Waals surface area contributed by atoms with E-state index in [1.165, 1.54) is 30.4 Å². The summed E-state index contributed by atoms with van der Waals surface area (Å²) in [4.78, 5) is 0. The van der Waals surface area contributed by atoms with Crippen LogP contribution in [0, 0.1) is 0 Å². The van der Waals surface area contributed by atoms with Gasteiger partial charge in [0, 0.05) is 5.33 Å². The van der Waals surface area contributed by atoms with Crippen LogP contribution in [0.4, 0.5) is 0 Å². The Morgan fingerprint density at radius 3 is 2.94 bits per heavy atom. The van der Waals surface area contributed by atoms with Crippen molar-refractivity contribution in [2.24, 2.45) is 0 Å². The normalized spacial score (nSPS) is 15.2. The zero-order chi connectivity index (χ0) is 11.4. The number of benzene rings is 1. The van der Waals surface area contributed by atoms with Crippen molar-refractivity contribution in [3.63, 3.8) is 0 Å². The second-order valence-corrected chi connectivity index (χ2v) is 5.45. The Bertz CT molecular complexity index is 390. The number of alkyl halides is 1. The van der Waals surface area contributed by atoms with Gasteiger partial charge in [-0.15, -0.1) is 0 Å². The molecule has 0 fully saturated rings. The second-order valence-electron chi connectivity index (χ2n) is 4.66. The zero-order valence-corrected chi connectivity index (χ0v) is 11.5. The van der Waals surface area contributed by atoms with E-state index >= 15 is 0 Å². The third-order valence-corrected chi connectivity index (χ3v) is 3.71. The standard InChI is InChI=1S/C15H19Br/c1-12(4-3-9-16)10-13-7-8-14-5-2-6-15(14)11-13/h4,7-8,11H,2-3,5-6,9-10H2,1H3. The molecule has 0 N–H and O–H groups in total. The van der Waals surface area contributed by atoms with Crippen LogP contribution in [0.15, 0.2) is 29.8 Å². The summed E-state index contributed by atoms with van der Waals surface area (Å²) in [6.45, 7) is 2.23. The summed E-state index contributed by atoms with van der Waals surface area (Å²) in [5.74, 6) is 0. The number of rotatable bonds is 4. The van der Waals surface area contributed by atoms with Gasteiger partial charge in [-0.3, -0.25) is 0 Å². The summed E-state index contributed by atoms with van der Waals surface area (Å²) in [5, 5.41) is 1.06. The van der Waals surface area contributed by atoms with E-state index in [9.17, 15) is 0 Å². The molecule has 0 spiro atoms. The molecule has 0 radical (unpaired) electrons. The van der Waals surface area contributed by atoms with Crippen LogP contribution in [0.2, 0.25) is 0 Å². The van der Waals surface area contributed by atoms with Crippen molar-refractivity contribution >= 4 is 15.9 Å². The molecule has 0 nitrogen and oxygen atoms in total. The van der Waals surface area contributed by atoms with Crippen molar-refractivity contribution in [2.45, 2.75) is 39.0 Å². The highest BCUT2D eigenvalue weighted by Gasteiger charge is 2.10. The average Bonchev–Trinajstić information content (AvgIpc) is 2.73. The molecular weight excluding hydrogens is 260 g/mol. The molecule has 1 aromatic rings. The fourth-order valence-corrected chi connectivity index (χ4v) is 2.66. The van der Waals surface area contributed by atoms with E-state index in [4.69, 9.17) is 0 Å². The van der Waals surface area contributed by atoms with Gasteiger partial charge in [-0.05, 0) is 55.7 Å². The molecule has 16 heavy (non-hydrogen) atoms. The highest BCUT2D eigenvalue weighted by molar-refractivity contribution is 9.09. The third-order valence-electron chi connectivity index (χ3n) is 3.25. The molecule has 0 aliphatic heterocycles. The molecule has 0 saturated heterocycles. The van der Waals surface area contributed by atoms with Gasteiger partial charge in [0.1, 0.15) is 0 Å². The summed E-state index contributed by atoms with van der Waals surface area (Å²) < 4.78 is 0. The van der Waals surface area contributed by atoms with Gasteiger partial charge in [-0.1, -0.05) is 45.8 Å². The molecule has 0 aromatic heterocycles. The van der Waals surface area contributed by atoms with E-state index in [2.05, 4.69) is 47.1 Å². The van der Waals surface area contributed by atoms with Crippen molar-refractivity contribution in [3.8, 4) is 0 Å². The maximum atomic E-state index is 3.46. The fraction of sp³-hybridized carbons (Fsp3) is 0.467. The number of fused-ring (bicyclic) bond motifs is 1. The van der Waals surface area contributed by atoms with E-state index in [0.29, 0.717) is 0 Å². The lowest BCUT2D eigenvalue weighted by Crippen LogP contribution is -1.90. The first-order valence-electron chi connectivity index (χ1n) is 6.12. The summed E-state index contributed by atoms with van der Waals surface area (Å²) in [7, 11) is 0. The van der Waals surface area contributed by atoms with Crippen molar-refractivity contribution < 1.29 is 0 Å². The quantitative estimate of drug-likeness (QED) is 0.564. The minimum atomic E-state index is 1.06. The van der Waals surface area contributed by atoms with Crippen LogP contribution in [0.1, 0.15) is 36.5 Å². The Kier molecular flexibility index (Phi) is 4.22.